The smallest absolute Gasteiger partial charge is 0.335 e. The summed E-state index contributed by atoms with van der Waals surface area (Å²) in [7, 11) is 0. The molecule has 0 aliphatic carbocycles. The zero-order valence-corrected chi connectivity index (χ0v) is 13.2. The van der Waals surface area contributed by atoms with Crippen molar-refractivity contribution in [3.8, 4) is 5.75 Å². The first-order valence-corrected chi connectivity index (χ1v) is 7.61. The van der Waals surface area contributed by atoms with Gasteiger partial charge in [0.1, 0.15) is 5.75 Å². The van der Waals surface area contributed by atoms with Gasteiger partial charge in [0.15, 0.2) is 0 Å². The van der Waals surface area contributed by atoms with E-state index in [4.69, 9.17) is 9.84 Å². The molecule has 0 radical (unpaired) electrons. The molecule has 0 saturated carbocycles. The van der Waals surface area contributed by atoms with Crippen molar-refractivity contribution >= 4 is 16.9 Å². The molecule has 0 spiro atoms. The molecule has 0 unspecified atom stereocenters. The van der Waals surface area contributed by atoms with Gasteiger partial charge in [-0.3, -0.25) is 0 Å². The van der Waals surface area contributed by atoms with Crippen molar-refractivity contribution in [2.24, 2.45) is 0 Å². The molecule has 0 atom stereocenters. The predicted octanol–water partition coefficient (Wildman–Crippen LogP) is 4.18. The molecule has 23 heavy (non-hydrogen) atoms. The van der Waals surface area contributed by atoms with Crippen molar-refractivity contribution < 1.29 is 14.6 Å². The number of aromatic carboxylic acids is 1. The Labute approximate surface area is 134 Å². The van der Waals surface area contributed by atoms with Gasteiger partial charge >= 0.3 is 5.97 Å². The first kappa shape index (κ1) is 15.2. The highest BCUT2D eigenvalue weighted by molar-refractivity contribution is 5.93. The van der Waals surface area contributed by atoms with Crippen LogP contribution in [-0.2, 0) is 6.54 Å². The second-order valence-corrected chi connectivity index (χ2v) is 5.80. The average Bonchev–Trinajstić information content (AvgIpc) is 2.91. The Bertz CT molecular complexity index is 849. The van der Waals surface area contributed by atoms with E-state index in [9.17, 15) is 4.79 Å². The van der Waals surface area contributed by atoms with Crippen molar-refractivity contribution in [3.63, 3.8) is 0 Å². The van der Waals surface area contributed by atoms with Gasteiger partial charge in [0.05, 0.1) is 18.2 Å². The van der Waals surface area contributed by atoms with Crippen molar-refractivity contribution in [1.29, 1.82) is 0 Å². The van der Waals surface area contributed by atoms with E-state index in [2.05, 4.69) is 10.6 Å². The van der Waals surface area contributed by atoms with Crippen LogP contribution >= 0.6 is 0 Å². The molecule has 1 aromatic heterocycles. The highest BCUT2D eigenvalue weighted by Crippen LogP contribution is 2.24. The summed E-state index contributed by atoms with van der Waals surface area (Å²) in [6, 6.07) is 15.1. The fraction of sp³-hybridized carbons (Fsp3) is 0.211. The van der Waals surface area contributed by atoms with Crippen LogP contribution in [0.4, 0.5) is 0 Å². The summed E-state index contributed by atoms with van der Waals surface area (Å²) in [5.41, 5.74) is 2.41. The SMILES string of the molecule is CC(C)Oc1ccccc1Cn1ccc2cc(C(=O)O)ccc21. The van der Waals surface area contributed by atoms with E-state index in [1.807, 2.05) is 50.4 Å². The van der Waals surface area contributed by atoms with Crippen LogP contribution in [0, 0.1) is 0 Å². The summed E-state index contributed by atoms with van der Waals surface area (Å²) in [5.74, 6) is -0.0261. The normalized spacial score (nSPS) is 11.1. The quantitative estimate of drug-likeness (QED) is 0.769. The van der Waals surface area contributed by atoms with Crippen molar-refractivity contribution in [1.82, 2.24) is 4.57 Å². The molecule has 0 bridgehead atoms. The maximum Gasteiger partial charge on any atom is 0.335 e. The lowest BCUT2D eigenvalue weighted by Crippen LogP contribution is -2.09. The largest absolute Gasteiger partial charge is 0.491 e. The highest BCUT2D eigenvalue weighted by Gasteiger charge is 2.09. The summed E-state index contributed by atoms with van der Waals surface area (Å²) in [5, 5.41) is 10.0. The number of aromatic nitrogens is 1. The average molecular weight is 309 g/mol. The van der Waals surface area contributed by atoms with Crippen LogP contribution in [0.5, 0.6) is 5.75 Å². The van der Waals surface area contributed by atoms with E-state index >= 15 is 0 Å². The molecular weight excluding hydrogens is 290 g/mol. The molecule has 118 valence electrons. The lowest BCUT2D eigenvalue weighted by atomic mass is 10.1. The Morgan fingerprint density at radius 2 is 1.96 bits per heavy atom. The lowest BCUT2D eigenvalue weighted by Gasteiger charge is -2.15. The summed E-state index contributed by atoms with van der Waals surface area (Å²) in [4.78, 5) is 11.1. The Kier molecular flexibility index (Phi) is 4.06. The van der Waals surface area contributed by atoms with E-state index in [1.165, 1.54) is 0 Å². The maximum absolute atomic E-state index is 11.1. The van der Waals surface area contributed by atoms with Gasteiger partial charge in [0.25, 0.3) is 0 Å². The first-order valence-electron chi connectivity index (χ1n) is 7.61. The van der Waals surface area contributed by atoms with Crippen LogP contribution < -0.4 is 4.74 Å². The fourth-order valence-corrected chi connectivity index (χ4v) is 2.66. The summed E-state index contributed by atoms with van der Waals surface area (Å²) in [6.45, 7) is 4.70. The molecule has 0 fully saturated rings. The van der Waals surface area contributed by atoms with E-state index in [0.29, 0.717) is 12.1 Å². The molecule has 3 rings (SSSR count). The van der Waals surface area contributed by atoms with Gasteiger partial charge in [-0.15, -0.1) is 0 Å². The number of hydrogen-bond donors (Lipinski definition) is 1. The Hall–Kier alpha value is -2.75. The summed E-state index contributed by atoms with van der Waals surface area (Å²) < 4.78 is 7.97. The number of benzene rings is 2. The van der Waals surface area contributed by atoms with Gasteiger partial charge in [-0.1, -0.05) is 18.2 Å². The van der Waals surface area contributed by atoms with E-state index in [1.54, 1.807) is 12.1 Å². The van der Waals surface area contributed by atoms with Crippen LogP contribution in [0.1, 0.15) is 29.8 Å². The van der Waals surface area contributed by atoms with Crippen LogP contribution in [0.25, 0.3) is 10.9 Å². The topological polar surface area (TPSA) is 51.5 Å². The molecule has 0 saturated heterocycles. The van der Waals surface area contributed by atoms with Gasteiger partial charge in [0.2, 0.25) is 0 Å². The van der Waals surface area contributed by atoms with E-state index < -0.39 is 5.97 Å². The number of fused-ring (bicyclic) bond motifs is 1. The van der Waals surface area contributed by atoms with Crippen molar-refractivity contribution in [2.45, 2.75) is 26.5 Å². The zero-order chi connectivity index (χ0) is 16.4. The minimum absolute atomic E-state index is 0.121. The molecule has 1 N–H and O–H groups in total. The van der Waals surface area contributed by atoms with Gasteiger partial charge in [-0.2, -0.15) is 0 Å². The molecule has 3 aromatic rings. The minimum atomic E-state index is -0.907. The lowest BCUT2D eigenvalue weighted by molar-refractivity contribution is 0.0697. The third-order valence-electron chi connectivity index (χ3n) is 3.69. The molecule has 0 aliphatic heterocycles. The number of carbonyl (C=O) groups is 1. The number of rotatable bonds is 5. The molecule has 2 aromatic carbocycles. The Morgan fingerprint density at radius 1 is 1.17 bits per heavy atom. The maximum atomic E-state index is 11.1. The summed E-state index contributed by atoms with van der Waals surface area (Å²) >= 11 is 0. The standard InChI is InChI=1S/C19H19NO3/c1-13(2)23-18-6-4-3-5-16(18)12-20-10-9-14-11-15(19(21)22)7-8-17(14)20/h3-11,13H,12H2,1-2H3,(H,21,22). The van der Waals surface area contributed by atoms with Gasteiger partial charge in [-0.25, -0.2) is 4.79 Å². The predicted molar refractivity (Wildman–Crippen MR) is 90.2 cm³/mol. The molecular formula is C19H19NO3. The van der Waals surface area contributed by atoms with Gasteiger partial charge in [0, 0.05) is 22.7 Å². The van der Waals surface area contributed by atoms with Crippen LogP contribution in [0.15, 0.2) is 54.7 Å². The second kappa shape index (κ2) is 6.16. The highest BCUT2D eigenvalue weighted by atomic mass is 16.5. The second-order valence-electron chi connectivity index (χ2n) is 5.80. The van der Waals surface area contributed by atoms with Crippen LogP contribution in [0.2, 0.25) is 0 Å². The van der Waals surface area contributed by atoms with Crippen LogP contribution in [-0.4, -0.2) is 21.7 Å². The third-order valence-corrected chi connectivity index (χ3v) is 3.69. The van der Waals surface area contributed by atoms with Crippen LogP contribution in [0.3, 0.4) is 0 Å². The van der Waals surface area contributed by atoms with Gasteiger partial charge in [-0.05, 0) is 44.2 Å². The Balaban J connectivity index is 1.95. The zero-order valence-electron chi connectivity index (χ0n) is 13.2. The number of carboxylic acid groups (broad SMARTS) is 1. The number of hydrogen-bond acceptors (Lipinski definition) is 2. The first-order chi connectivity index (χ1) is 11.0. The van der Waals surface area contributed by atoms with E-state index in [0.717, 1.165) is 22.2 Å². The molecule has 1 heterocycles. The summed E-state index contributed by atoms with van der Waals surface area (Å²) in [6.07, 6.45) is 2.10. The molecule has 4 heteroatoms. The number of carboxylic acids is 1. The Morgan fingerprint density at radius 3 is 2.70 bits per heavy atom. The minimum Gasteiger partial charge on any atom is -0.491 e. The monoisotopic (exact) mass is 309 g/mol. The van der Waals surface area contributed by atoms with E-state index in [-0.39, 0.29) is 6.10 Å². The fourth-order valence-electron chi connectivity index (χ4n) is 2.66. The molecule has 0 aliphatic rings. The number of para-hydroxylation sites is 1. The number of ether oxygens (including phenoxy) is 1. The molecule has 4 nitrogen and oxygen atoms in total. The molecule has 0 amide bonds. The van der Waals surface area contributed by atoms with Crippen molar-refractivity contribution in [3.05, 3.63) is 65.9 Å². The third kappa shape index (κ3) is 3.21. The van der Waals surface area contributed by atoms with Gasteiger partial charge < -0.3 is 14.4 Å². The van der Waals surface area contributed by atoms with Crippen molar-refractivity contribution in [2.75, 3.05) is 0 Å². The number of nitrogens with zero attached hydrogens (tertiary/aromatic N) is 1.